The van der Waals surface area contributed by atoms with Gasteiger partial charge in [0.05, 0.1) is 5.56 Å². The summed E-state index contributed by atoms with van der Waals surface area (Å²) in [5.74, 6) is 0. The van der Waals surface area contributed by atoms with E-state index in [1.165, 1.54) is 6.07 Å². The number of halogens is 3. The summed E-state index contributed by atoms with van der Waals surface area (Å²) in [4.78, 5) is 0. The molecule has 0 unspecified atom stereocenters. The molecule has 0 spiro atoms. The van der Waals surface area contributed by atoms with Crippen LogP contribution < -0.4 is 0 Å². The van der Waals surface area contributed by atoms with E-state index in [0.29, 0.717) is 5.56 Å². The van der Waals surface area contributed by atoms with Crippen LogP contribution in [0.3, 0.4) is 0 Å². The van der Waals surface area contributed by atoms with E-state index in [4.69, 9.17) is 0 Å². The fourth-order valence-corrected chi connectivity index (χ4v) is 3.94. The number of rotatable bonds is 1. The summed E-state index contributed by atoms with van der Waals surface area (Å²) in [6.45, 7) is 0. The van der Waals surface area contributed by atoms with E-state index < -0.39 is 11.7 Å². The summed E-state index contributed by atoms with van der Waals surface area (Å²) in [7, 11) is 0. The van der Waals surface area contributed by atoms with Crippen molar-refractivity contribution in [1.82, 2.24) is 0 Å². The normalized spacial score (nSPS) is 12.4. The van der Waals surface area contributed by atoms with Gasteiger partial charge in [-0.3, -0.25) is 0 Å². The molecule has 5 aromatic rings. The molecule has 0 saturated heterocycles. The summed E-state index contributed by atoms with van der Waals surface area (Å²) in [6.07, 6.45) is -4.39. The first kappa shape index (κ1) is 15.2. The second-order valence-corrected chi connectivity index (χ2v) is 6.51. The van der Waals surface area contributed by atoms with Gasteiger partial charge in [0, 0.05) is 0 Å². The molecule has 0 heterocycles. The average molecular weight is 346 g/mol. The maximum atomic E-state index is 13.5. The van der Waals surface area contributed by atoms with E-state index in [9.17, 15) is 13.2 Å². The highest BCUT2D eigenvalue weighted by atomic mass is 19.4. The lowest BCUT2D eigenvalue weighted by molar-refractivity contribution is -0.137. The van der Waals surface area contributed by atoms with Gasteiger partial charge in [-0.15, -0.1) is 0 Å². The van der Waals surface area contributed by atoms with Crippen LogP contribution in [0.25, 0.3) is 43.4 Å². The van der Waals surface area contributed by atoms with Crippen LogP contribution in [0.5, 0.6) is 0 Å². The van der Waals surface area contributed by atoms with Gasteiger partial charge in [-0.05, 0) is 49.5 Å². The fourth-order valence-electron chi connectivity index (χ4n) is 3.94. The van der Waals surface area contributed by atoms with E-state index in [1.807, 2.05) is 42.5 Å². The Morgan fingerprint density at radius 1 is 0.500 bits per heavy atom. The lowest BCUT2D eigenvalue weighted by Gasteiger charge is -2.17. The van der Waals surface area contributed by atoms with E-state index in [1.54, 1.807) is 18.2 Å². The SMILES string of the molecule is FC(F)(F)c1ccccc1-c1ccc2ccc3cccc4ccc1c2c34. The van der Waals surface area contributed by atoms with Crippen LogP contribution in [-0.4, -0.2) is 0 Å². The molecule has 0 aliphatic heterocycles. The summed E-state index contributed by atoms with van der Waals surface area (Å²) in [5, 5.41) is 6.22. The van der Waals surface area contributed by atoms with Crippen molar-refractivity contribution in [2.75, 3.05) is 0 Å². The van der Waals surface area contributed by atoms with Gasteiger partial charge in [0.25, 0.3) is 0 Å². The van der Waals surface area contributed by atoms with Crippen LogP contribution in [0.4, 0.5) is 13.2 Å². The van der Waals surface area contributed by atoms with Crippen molar-refractivity contribution in [3.8, 4) is 11.1 Å². The van der Waals surface area contributed by atoms with Gasteiger partial charge in [-0.25, -0.2) is 0 Å². The molecule has 0 amide bonds. The van der Waals surface area contributed by atoms with Gasteiger partial charge in [0.2, 0.25) is 0 Å². The van der Waals surface area contributed by atoms with E-state index in [0.717, 1.165) is 38.4 Å². The molecule has 0 aliphatic carbocycles. The third-order valence-electron chi connectivity index (χ3n) is 5.05. The van der Waals surface area contributed by atoms with Crippen LogP contribution in [0.15, 0.2) is 78.9 Å². The number of alkyl halides is 3. The molecule has 3 heteroatoms. The largest absolute Gasteiger partial charge is 0.417 e. The second kappa shape index (κ2) is 5.21. The highest BCUT2D eigenvalue weighted by Crippen LogP contribution is 2.43. The maximum Gasteiger partial charge on any atom is 0.417 e. The summed E-state index contributed by atoms with van der Waals surface area (Å²) < 4.78 is 40.6. The maximum absolute atomic E-state index is 13.5. The van der Waals surface area contributed by atoms with Crippen LogP contribution in [0, 0.1) is 0 Å². The molecule has 0 N–H and O–H groups in total. The molecule has 0 atom stereocenters. The Labute approximate surface area is 147 Å². The van der Waals surface area contributed by atoms with E-state index in [-0.39, 0.29) is 5.56 Å². The molecule has 0 nitrogen and oxygen atoms in total. The van der Waals surface area contributed by atoms with Gasteiger partial charge in [0.15, 0.2) is 0 Å². The second-order valence-electron chi connectivity index (χ2n) is 6.51. The van der Waals surface area contributed by atoms with Crippen molar-refractivity contribution >= 4 is 32.3 Å². The number of hydrogen-bond acceptors (Lipinski definition) is 0. The van der Waals surface area contributed by atoms with Crippen LogP contribution in [-0.2, 0) is 6.18 Å². The Morgan fingerprint density at radius 2 is 1.12 bits per heavy atom. The van der Waals surface area contributed by atoms with E-state index >= 15 is 0 Å². The monoisotopic (exact) mass is 346 g/mol. The first-order valence-electron chi connectivity index (χ1n) is 8.37. The highest BCUT2D eigenvalue weighted by molar-refractivity contribution is 6.25. The molecule has 0 bridgehead atoms. The van der Waals surface area contributed by atoms with Crippen LogP contribution in [0.2, 0.25) is 0 Å². The molecule has 0 aromatic heterocycles. The summed E-state index contributed by atoms with van der Waals surface area (Å²) >= 11 is 0. The van der Waals surface area contributed by atoms with Crippen molar-refractivity contribution in [2.45, 2.75) is 6.18 Å². The van der Waals surface area contributed by atoms with Gasteiger partial charge in [0.1, 0.15) is 0 Å². The Bertz CT molecular complexity index is 1250. The molecule has 0 radical (unpaired) electrons. The Kier molecular flexibility index (Phi) is 3.05. The standard InChI is InChI=1S/C23H13F3/c24-23(25,26)20-7-2-1-6-18(20)17-12-10-16-9-8-14-4-3-5-15-11-13-19(17)22(16)21(14)15/h1-13H. The molecule has 0 aliphatic rings. The Morgan fingerprint density at radius 3 is 1.85 bits per heavy atom. The van der Waals surface area contributed by atoms with Crippen molar-refractivity contribution in [3.05, 3.63) is 84.4 Å². The minimum atomic E-state index is -4.39. The molecule has 26 heavy (non-hydrogen) atoms. The Balaban J connectivity index is 1.95. The van der Waals surface area contributed by atoms with Gasteiger partial charge in [-0.2, -0.15) is 13.2 Å². The van der Waals surface area contributed by atoms with Crippen molar-refractivity contribution < 1.29 is 13.2 Å². The molecular weight excluding hydrogens is 333 g/mol. The Hall–Kier alpha value is -3.07. The van der Waals surface area contributed by atoms with Gasteiger partial charge >= 0.3 is 6.18 Å². The lowest BCUT2D eigenvalue weighted by Crippen LogP contribution is -2.07. The molecular formula is C23H13F3. The quantitative estimate of drug-likeness (QED) is 0.280. The molecule has 0 saturated carbocycles. The summed E-state index contributed by atoms with van der Waals surface area (Å²) in [6, 6.07) is 23.6. The van der Waals surface area contributed by atoms with Crippen molar-refractivity contribution in [3.63, 3.8) is 0 Å². The predicted molar refractivity (Wildman–Crippen MR) is 101 cm³/mol. The van der Waals surface area contributed by atoms with E-state index in [2.05, 4.69) is 6.07 Å². The molecule has 5 rings (SSSR count). The van der Waals surface area contributed by atoms with Gasteiger partial charge in [-0.1, -0.05) is 72.8 Å². The van der Waals surface area contributed by atoms with Crippen molar-refractivity contribution in [2.24, 2.45) is 0 Å². The third kappa shape index (κ3) is 2.10. The topological polar surface area (TPSA) is 0 Å². The fraction of sp³-hybridized carbons (Fsp3) is 0.0435. The van der Waals surface area contributed by atoms with Crippen molar-refractivity contribution in [1.29, 1.82) is 0 Å². The smallest absolute Gasteiger partial charge is 0.166 e. The third-order valence-corrected chi connectivity index (χ3v) is 5.05. The first-order chi connectivity index (χ1) is 12.5. The molecule has 126 valence electrons. The molecule has 0 fully saturated rings. The molecule has 5 aromatic carbocycles. The zero-order chi connectivity index (χ0) is 17.9. The lowest BCUT2D eigenvalue weighted by atomic mass is 9.88. The average Bonchev–Trinajstić information content (AvgIpc) is 2.65. The van der Waals surface area contributed by atoms with Gasteiger partial charge < -0.3 is 0 Å². The zero-order valence-electron chi connectivity index (χ0n) is 13.6. The van der Waals surface area contributed by atoms with Crippen LogP contribution >= 0.6 is 0 Å². The minimum Gasteiger partial charge on any atom is -0.166 e. The minimum absolute atomic E-state index is 0.220. The summed E-state index contributed by atoms with van der Waals surface area (Å²) in [5.41, 5.74) is 0.233. The van der Waals surface area contributed by atoms with Crippen LogP contribution in [0.1, 0.15) is 5.56 Å². The zero-order valence-corrected chi connectivity index (χ0v) is 13.6. The number of hydrogen-bond donors (Lipinski definition) is 0. The number of benzene rings is 5. The first-order valence-corrected chi connectivity index (χ1v) is 8.37. The highest BCUT2D eigenvalue weighted by Gasteiger charge is 2.33. The predicted octanol–water partition coefficient (Wildman–Crippen LogP) is 7.27.